The number of carbonyl (C=O) groups is 1. The van der Waals surface area contributed by atoms with Crippen molar-refractivity contribution in [2.75, 3.05) is 13.7 Å². The van der Waals surface area contributed by atoms with E-state index in [0.717, 1.165) is 10.0 Å². The van der Waals surface area contributed by atoms with Gasteiger partial charge in [0.25, 0.3) is 5.56 Å². The zero-order valence-corrected chi connectivity index (χ0v) is 23.1. The number of carbonyl (C=O) groups excluding carboxylic acids is 1. The quantitative estimate of drug-likeness (QED) is 0.394. The lowest BCUT2D eigenvalue weighted by Gasteiger charge is -2.25. The number of thiazole rings is 1. The molecule has 1 aromatic heterocycles. The van der Waals surface area contributed by atoms with Crippen molar-refractivity contribution in [2.24, 2.45) is 4.99 Å². The van der Waals surface area contributed by atoms with E-state index in [1.165, 1.54) is 11.3 Å². The fourth-order valence-corrected chi connectivity index (χ4v) is 5.48. The zero-order chi connectivity index (χ0) is 26.0. The zero-order valence-electron chi connectivity index (χ0n) is 20.7. The van der Waals surface area contributed by atoms with Gasteiger partial charge in [0.05, 0.1) is 41.7 Å². The average Bonchev–Trinajstić information content (AvgIpc) is 3.14. The highest BCUT2D eigenvalue weighted by atomic mass is 79.9. The smallest absolute Gasteiger partial charge is 0.338 e. The van der Waals surface area contributed by atoms with E-state index < -0.39 is 12.0 Å². The fourth-order valence-electron chi connectivity index (χ4n) is 4.05. The lowest BCUT2D eigenvalue weighted by Crippen LogP contribution is -2.40. The second-order valence-corrected chi connectivity index (χ2v) is 10.3. The molecular weight excluding hydrogens is 544 g/mol. The van der Waals surface area contributed by atoms with Crippen molar-refractivity contribution < 1.29 is 19.0 Å². The van der Waals surface area contributed by atoms with E-state index in [4.69, 9.17) is 14.2 Å². The van der Waals surface area contributed by atoms with Gasteiger partial charge in [0, 0.05) is 4.47 Å². The van der Waals surface area contributed by atoms with Crippen LogP contribution in [0.15, 0.2) is 68.0 Å². The molecule has 0 spiro atoms. The van der Waals surface area contributed by atoms with E-state index in [9.17, 15) is 9.59 Å². The number of methoxy groups -OCH3 is 1. The van der Waals surface area contributed by atoms with E-state index in [1.54, 1.807) is 37.7 Å². The third kappa shape index (κ3) is 5.03. The highest BCUT2D eigenvalue weighted by molar-refractivity contribution is 9.10. The van der Waals surface area contributed by atoms with Gasteiger partial charge in [-0.1, -0.05) is 51.5 Å². The van der Waals surface area contributed by atoms with Crippen molar-refractivity contribution in [1.82, 2.24) is 4.57 Å². The Morgan fingerprint density at radius 2 is 1.97 bits per heavy atom. The summed E-state index contributed by atoms with van der Waals surface area (Å²) in [6.45, 7) is 7.58. The Morgan fingerprint density at radius 1 is 1.22 bits per heavy atom. The van der Waals surface area contributed by atoms with Crippen LogP contribution >= 0.6 is 27.3 Å². The number of rotatable bonds is 7. The molecule has 0 radical (unpaired) electrons. The van der Waals surface area contributed by atoms with Gasteiger partial charge < -0.3 is 14.2 Å². The summed E-state index contributed by atoms with van der Waals surface area (Å²) >= 11 is 4.82. The monoisotopic (exact) mass is 570 g/mol. The van der Waals surface area contributed by atoms with Gasteiger partial charge in [-0.15, -0.1) is 0 Å². The van der Waals surface area contributed by atoms with Crippen LogP contribution < -0.4 is 24.4 Å². The van der Waals surface area contributed by atoms with Crippen molar-refractivity contribution >= 4 is 39.3 Å². The summed E-state index contributed by atoms with van der Waals surface area (Å²) in [4.78, 5) is 32.0. The predicted octanol–water partition coefficient (Wildman–Crippen LogP) is 4.36. The lowest BCUT2D eigenvalue weighted by atomic mass is 9.95. The maximum Gasteiger partial charge on any atom is 0.338 e. The van der Waals surface area contributed by atoms with Crippen LogP contribution in [0.25, 0.3) is 6.08 Å². The van der Waals surface area contributed by atoms with Gasteiger partial charge in [0.15, 0.2) is 16.3 Å². The van der Waals surface area contributed by atoms with Gasteiger partial charge in [-0.25, -0.2) is 9.79 Å². The summed E-state index contributed by atoms with van der Waals surface area (Å²) in [5.41, 5.74) is 2.14. The SMILES string of the molecule is CCOC(=O)C1=C(C)N=c2s/c(=C\c3ccccc3Br)c(=O)n2[C@@H]1c1ccc(OC(C)C)c(OC)c1. The Bertz CT molecular complexity index is 1520. The number of esters is 1. The highest BCUT2D eigenvalue weighted by Gasteiger charge is 2.34. The summed E-state index contributed by atoms with van der Waals surface area (Å²) in [7, 11) is 1.56. The van der Waals surface area contributed by atoms with Gasteiger partial charge in [-0.3, -0.25) is 9.36 Å². The number of hydrogen-bond acceptors (Lipinski definition) is 7. The molecule has 0 fully saturated rings. The number of allylic oxidation sites excluding steroid dienone is 1. The standard InChI is InChI=1S/C27H27BrN2O5S/c1-6-34-26(32)23-16(4)29-27-30(25(31)22(36-27)14-17-9-7-8-10-19(17)28)24(23)18-11-12-20(35-15(2)3)21(13-18)33-5/h7-15,24H,6H2,1-5H3/b22-14-/t24-/m1/s1. The first-order valence-corrected chi connectivity index (χ1v) is 13.1. The van der Waals surface area contributed by atoms with E-state index >= 15 is 0 Å². The van der Waals surface area contributed by atoms with Crippen molar-refractivity contribution in [2.45, 2.75) is 39.8 Å². The Morgan fingerprint density at radius 3 is 2.64 bits per heavy atom. The molecule has 0 aliphatic carbocycles. The predicted molar refractivity (Wildman–Crippen MR) is 143 cm³/mol. The summed E-state index contributed by atoms with van der Waals surface area (Å²) in [5, 5.41) is 0. The van der Waals surface area contributed by atoms with E-state index in [0.29, 0.717) is 37.7 Å². The van der Waals surface area contributed by atoms with Crippen LogP contribution in [0.3, 0.4) is 0 Å². The molecule has 0 amide bonds. The minimum absolute atomic E-state index is 0.0445. The first-order chi connectivity index (χ1) is 17.2. The molecule has 1 atom stereocenters. The van der Waals surface area contributed by atoms with Crippen LogP contribution in [0.4, 0.5) is 0 Å². The number of benzene rings is 2. The second kappa shape index (κ2) is 10.8. The number of ether oxygens (including phenoxy) is 3. The van der Waals surface area contributed by atoms with Gasteiger partial charge in [-0.2, -0.15) is 0 Å². The number of fused-ring (bicyclic) bond motifs is 1. The molecule has 1 aliphatic heterocycles. The third-order valence-corrected chi connectivity index (χ3v) is 7.28. The average molecular weight is 571 g/mol. The van der Waals surface area contributed by atoms with Crippen molar-refractivity contribution in [3.63, 3.8) is 0 Å². The van der Waals surface area contributed by atoms with Crippen molar-refractivity contribution in [1.29, 1.82) is 0 Å². The topological polar surface area (TPSA) is 79.1 Å². The molecule has 7 nitrogen and oxygen atoms in total. The van der Waals surface area contributed by atoms with Gasteiger partial charge in [0.1, 0.15) is 0 Å². The molecule has 0 saturated carbocycles. The molecular formula is C27H27BrN2O5S. The highest BCUT2D eigenvalue weighted by Crippen LogP contribution is 2.36. The van der Waals surface area contributed by atoms with Gasteiger partial charge >= 0.3 is 5.97 Å². The molecule has 4 rings (SSSR count). The molecule has 3 aromatic rings. The number of halogens is 1. The van der Waals surface area contributed by atoms with E-state index in [-0.39, 0.29) is 18.3 Å². The minimum Gasteiger partial charge on any atom is -0.493 e. The van der Waals surface area contributed by atoms with Crippen LogP contribution in [0, 0.1) is 0 Å². The maximum absolute atomic E-state index is 13.7. The van der Waals surface area contributed by atoms with Crippen LogP contribution in [-0.4, -0.2) is 30.4 Å². The molecule has 0 N–H and O–H groups in total. The van der Waals surface area contributed by atoms with Gasteiger partial charge in [0.2, 0.25) is 0 Å². The van der Waals surface area contributed by atoms with Crippen LogP contribution in [0.2, 0.25) is 0 Å². The molecule has 0 saturated heterocycles. The first kappa shape index (κ1) is 25.9. The summed E-state index contributed by atoms with van der Waals surface area (Å²) in [5.74, 6) is 0.579. The Labute approximate surface area is 221 Å². The third-order valence-electron chi connectivity index (χ3n) is 5.57. The summed E-state index contributed by atoms with van der Waals surface area (Å²) < 4.78 is 19.8. The Kier molecular flexibility index (Phi) is 7.80. The fraction of sp³-hybridized carbons (Fsp3) is 0.296. The number of nitrogens with zero attached hydrogens (tertiary/aromatic N) is 2. The first-order valence-electron chi connectivity index (χ1n) is 11.5. The summed E-state index contributed by atoms with van der Waals surface area (Å²) in [6, 6.07) is 12.4. The molecule has 1 aliphatic rings. The van der Waals surface area contributed by atoms with Crippen LogP contribution in [-0.2, 0) is 9.53 Å². The number of aromatic nitrogens is 1. The van der Waals surface area contributed by atoms with Crippen molar-refractivity contribution in [3.8, 4) is 11.5 Å². The van der Waals surface area contributed by atoms with Gasteiger partial charge in [-0.05, 0) is 63.1 Å². The minimum atomic E-state index is -0.733. The lowest BCUT2D eigenvalue weighted by molar-refractivity contribution is -0.139. The Balaban J connectivity index is 1.96. The van der Waals surface area contributed by atoms with Crippen LogP contribution in [0.5, 0.6) is 11.5 Å². The van der Waals surface area contributed by atoms with Crippen LogP contribution in [0.1, 0.15) is 44.9 Å². The largest absolute Gasteiger partial charge is 0.493 e. The number of hydrogen-bond donors (Lipinski definition) is 0. The molecule has 2 heterocycles. The maximum atomic E-state index is 13.7. The molecule has 0 bridgehead atoms. The van der Waals surface area contributed by atoms with Crippen molar-refractivity contribution in [3.05, 3.63) is 89.0 Å². The molecule has 188 valence electrons. The van der Waals surface area contributed by atoms with E-state index in [1.807, 2.05) is 50.3 Å². The normalized spacial score (nSPS) is 15.5. The molecule has 2 aromatic carbocycles. The van der Waals surface area contributed by atoms with E-state index in [2.05, 4.69) is 20.9 Å². The Hall–Kier alpha value is -3.17. The summed E-state index contributed by atoms with van der Waals surface area (Å²) in [6.07, 6.45) is 1.78. The molecule has 9 heteroatoms. The molecule has 36 heavy (non-hydrogen) atoms. The molecule has 0 unspecified atom stereocenters. The second-order valence-electron chi connectivity index (χ2n) is 8.40.